The van der Waals surface area contributed by atoms with Gasteiger partial charge in [-0.3, -0.25) is 4.79 Å². The molecular formula is C17H23N3O3. The van der Waals surface area contributed by atoms with Crippen molar-refractivity contribution in [2.75, 3.05) is 0 Å². The van der Waals surface area contributed by atoms with Crippen molar-refractivity contribution in [1.82, 2.24) is 10.6 Å². The number of benzene rings is 1. The Labute approximate surface area is 136 Å². The largest absolute Gasteiger partial charge is 0.444 e. The molecule has 6 heteroatoms. The minimum atomic E-state index is -0.795. The molecule has 0 heterocycles. The molecule has 0 aliphatic carbocycles. The quantitative estimate of drug-likeness (QED) is 0.870. The lowest BCUT2D eigenvalue weighted by Crippen LogP contribution is -2.49. The second kappa shape index (κ2) is 8.18. The Kier molecular flexibility index (Phi) is 6.58. The summed E-state index contributed by atoms with van der Waals surface area (Å²) in [5, 5.41) is 14.2. The van der Waals surface area contributed by atoms with Crippen molar-refractivity contribution in [2.24, 2.45) is 0 Å². The summed E-state index contributed by atoms with van der Waals surface area (Å²) in [6, 6.07) is 10.0. The van der Waals surface area contributed by atoms with Gasteiger partial charge >= 0.3 is 6.09 Å². The van der Waals surface area contributed by atoms with Gasteiger partial charge in [-0.05, 0) is 33.3 Å². The van der Waals surface area contributed by atoms with Crippen molar-refractivity contribution in [3.05, 3.63) is 35.9 Å². The van der Waals surface area contributed by atoms with E-state index in [1.807, 2.05) is 30.3 Å². The normalized spacial score (nSPS) is 13.3. The summed E-state index contributed by atoms with van der Waals surface area (Å²) >= 11 is 0. The van der Waals surface area contributed by atoms with Crippen molar-refractivity contribution < 1.29 is 14.3 Å². The van der Waals surface area contributed by atoms with Crippen molar-refractivity contribution in [3.63, 3.8) is 0 Å². The van der Waals surface area contributed by atoms with Gasteiger partial charge in [0.25, 0.3) is 0 Å². The van der Waals surface area contributed by atoms with E-state index in [0.29, 0.717) is 6.42 Å². The molecule has 0 aliphatic rings. The molecule has 0 aromatic heterocycles. The van der Waals surface area contributed by atoms with Gasteiger partial charge in [-0.15, -0.1) is 0 Å². The molecule has 0 fully saturated rings. The molecule has 0 radical (unpaired) electrons. The third kappa shape index (κ3) is 7.32. The van der Waals surface area contributed by atoms with Crippen LogP contribution in [-0.2, 0) is 16.0 Å². The van der Waals surface area contributed by atoms with Gasteiger partial charge in [-0.1, -0.05) is 30.3 Å². The first-order chi connectivity index (χ1) is 10.7. The highest BCUT2D eigenvalue weighted by Gasteiger charge is 2.22. The van der Waals surface area contributed by atoms with Crippen LogP contribution in [0.3, 0.4) is 0 Å². The standard InChI is InChI=1S/C17H23N3O3/c1-12(19-16(22)23-17(2,3)4)15(21)20-14(11-18)10-13-8-6-5-7-9-13/h5-9,12,14H,10H2,1-4H3,(H,19,22)(H,20,21). The zero-order valence-electron chi connectivity index (χ0n) is 13.9. The summed E-state index contributed by atoms with van der Waals surface area (Å²) in [5.74, 6) is -0.432. The topological polar surface area (TPSA) is 91.2 Å². The van der Waals surface area contributed by atoms with Crippen LogP contribution in [-0.4, -0.2) is 29.7 Å². The lowest BCUT2D eigenvalue weighted by atomic mass is 10.1. The smallest absolute Gasteiger partial charge is 0.408 e. The first-order valence-corrected chi connectivity index (χ1v) is 7.44. The fourth-order valence-corrected chi connectivity index (χ4v) is 1.83. The molecule has 0 bridgehead atoms. The summed E-state index contributed by atoms with van der Waals surface area (Å²) in [5.41, 5.74) is 0.315. The van der Waals surface area contributed by atoms with Gasteiger partial charge in [0.2, 0.25) is 5.91 Å². The molecule has 23 heavy (non-hydrogen) atoms. The fraction of sp³-hybridized carbons (Fsp3) is 0.471. The van der Waals surface area contributed by atoms with E-state index in [0.717, 1.165) is 5.56 Å². The Morgan fingerprint density at radius 2 is 1.83 bits per heavy atom. The Morgan fingerprint density at radius 1 is 1.22 bits per heavy atom. The van der Waals surface area contributed by atoms with E-state index in [1.54, 1.807) is 20.8 Å². The number of hydrogen-bond donors (Lipinski definition) is 2. The number of carbonyl (C=O) groups excluding carboxylic acids is 2. The van der Waals surface area contributed by atoms with Crippen LogP contribution >= 0.6 is 0 Å². The van der Waals surface area contributed by atoms with Crippen molar-refractivity contribution in [3.8, 4) is 6.07 Å². The van der Waals surface area contributed by atoms with Crippen LogP contribution in [0.1, 0.15) is 33.3 Å². The van der Waals surface area contributed by atoms with Gasteiger partial charge in [0.05, 0.1) is 6.07 Å². The van der Waals surface area contributed by atoms with Crippen LogP contribution in [0, 0.1) is 11.3 Å². The lowest BCUT2D eigenvalue weighted by molar-refractivity contribution is -0.123. The van der Waals surface area contributed by atoms with E-state index in [4.69, 9.17) is 4.74 Å². The van der Waals surface area contributed by atoms with Crippen molar-refractivity contribution >= 4 is 12.0 Å². The summed E-state index contributed by atoms with van der Waals surface area (Å²) in [6.07, 6.45) is -0.265. The predicted octanol–water partition coefficient (Wildman–Crippen LogP) is 2.15. The van der Waals surface area contributed by atoms with Crippen LogP contribution in [0.25, 0.3) is 0 Å². The number of nitrogens with one attached hydrogen (secondary N) is 2. The van der Waals surface area contributed by atoms with Crippen LogP contribution in [0.15, 0.2) is 30.3 Å². The first kappa shape index (κ1) is 18.5. The summed E-state index contributed by atoms with van der Waals surface area (Å²) in [4.78, 5) is 23.7. The molecule has 0 spiro atoms. The van der Waals surface area contributed by atoms with Crippen molar-refractivity contribution in [2.45, 2.75) is 51.8 Å². The minimum Gasteiger partial charge on any atom is -0.444 e. The SMILES string of the molecule is CC(NC(=O)OC(C)(C)C)C(=O)NC(C#N)Cc1ccccc1. The van der Waals surface area contributed by atoms with Crippen LogP contribution in [0.4, 0.5) is 4.79 Å². The number of amides is 2. The second-order valence-electron chi connectivity index (χ2n) is 6.25. The second-order valence-corrected chi connectivity index (χ2v) is 6.25. The monoisotopic (exact) mass is 317 g/mol. The van der Waals surface area contributed by atoms with Gasteiger partial charge in [0.1, 0.15) is 17.7 Å². The average molecular weight is 317 g/mol. The molecule has 0 saturated carbocycles. The van der Waals surface area contributed by atoms with Gasteiger partial charge in [-0.2, -0.15) is 5.26 Å². The summed E-state index contributed by atoms with van der Waals surface area (Å²) in [6.45, 7) is 6.75. The maximum absolute atomic E-state index is 12.1. The van der Waals surface area contributed by atoms with E-state index < -0.39 is 29.7 Å². The molecule has 0 aliphatic heterocycles. The highest BCUT2D eigenvalue weighted by Crippen LogP contribution is 2.07. The average Bonchev–Trinajstić information content (AvgIpc) is 2.45. The maximum atomic E-state index is 12.1. The molecular weight excluding hydrogens is 294 g/mol. The molecule has 1 aromatic carbocycles. The van der Waals surface area contributed by atoms with Gasteiger partial charge < -0.3 is 15.4 Å². The number of nitriles is 1. The number of carbonyl (C=O) groups is 2. The maximum Gasteiger partial charge on any atom is 0.408 e. The zero-order chi connectivity index (χ0) is 17.5. The number of ether oxygens (including phenoxy) is 1. The Morgan fingerprint density at radius 3 is 2.35 bits per heavy atom. The van der Waals surface area contributed by atoms with E-state index in [2.05, 4.69) is 16.7 Å². The van der Waals surface area contributed by atoms with E-state index in [-0.39, 0.29) is 0 Å². The van der Waals surface area contributed by atoms with Crippen molar-refractivity contribution in [1.29, 1.82) is 5.26 Å². The van der Waals surface area contributed by atoms with Crippen LogP contribution in [0.5, 0.6) is 0 Å². The minimum absolute atomic E-state index is 0.405. The van der Waals surface area contributed by atoms with Gasteiger partial charge in [-0.25, -0.2) is 4.79 Å². The van der Waals surface area contributed by atoms with Crippen LogP contribution in [0.2, 0.25) is 0 Å². The third-order valence-corrected chi connectivity index (χ3v) is 2.88. The number of hydrogen-bond acceptors (Lipinski definition) is 4. The zero-order valence-corrected chi connectivity index (χ0v) is 13.9. The molecule has 124 valence electrons. The van der Waals surface area contributed by atoms with E-state index in [9.17, 15) is 14.9 Å². The fourth-order valence-electron chi connectivity index (χ4n) is 1.83. The summed E-state index contributed by atoms with van der Waals surface area (Å²) in [7, 11) is 0. The molecule has 2 atom stereocenters. The molecule has 1 aromatic rings. The highest BCUT2D eigenvalue weighted by molar-refractivity contribution is 5.85. The lowest BCUT2D eigenvalue weighted by Gasteiger charge is -2.22. The molecule has 2 unspecified atom stereocenters. The summed E-state index contributed by atoms with van der Waals surface area (Å²) < 4.78 is 5.09. The van der Waals surface area contributed by atoms with Crippen LogP contribution < -0.4 is 10.6 Å². The van der Waals surface area contributed by atoms with E-state index >= 15 is 0 Å². The highest BCUT2D eigenvalue weighted by atomic mass is 16.6. The third-order valence-electron chi connectivity index (χ3n) is 2.88. The molecule has 2 N–H and O–H groups in total. The molecule has 2 amide bonds. The Balaban J connectivity index is 2.52. The molecule has 0 saturated heterocycles. The molecule has 6 nitrogen and oxygen atoms in total. The molecule has 1 rings (SSSR count). The van der Waals surface area contributed by atoms with Gasteiger partial charge in [0.15, 0.2) is 0 Å². The number of alkyl carbamates (subject to hydrolysis) is 1. The Hall–Kier alpha value is -2.55. The van der Waals surface area contributed by atoms with E-state index in [1.165, 1.54) is 6.92 Å². The first-order valence-electron chi connectivity index (χ1n) is 7.44. The predicted molar refractivity (Wildman–Crippen MR) is 86.5 cm³/mol. The number of rotatable bonds is 5. The van der Waals surface area contributed by atoms with Gasteiger partial charge in [0, 0.05) is 6.42 Å². The Bertz CT molecular complexity index is 573. The number of nitrogens with zero attached hydrogens (tertiary/aromatic N) is 1.